The highest BCUT2D eigenvalue weighted by molar-refractivity contribution is 6.29. The molecular formula is C12H18ClN3. The molecule has 0 amide bonds. The molecule has 16 heavy (non-hydrogen) atoms. The van der Waals surface area contributed by atoms with E-state index in [2.05, 4.69) is 36.1 Å². The summed E-state index contributed by atoms with van der Waals surface area (Å²) in [4.78, 5) is 8.71. The van der Waals surface area contributed by atoms with Gasteiger partial charge >= 0.3 is 0 Å². The zero-order valence-electron chi connectivity index (χ0n) is 10.0. The third-order valence-corrected chi connectivity index (χ3v) is 3.31. The van der Waals surface area contributed by atoms with Crippen LogP contribution in [0.4, 0.5) is 5.82 Å². The molecule has 0 spiro atoms. The molecule has 0 aliphatic heterocycles. The third kappa shape index (κ3) is 2.46. The average Bonchev–Trinajstić information content (AvgIpc) is 2.14. The number of hydrogen-bond acceptors (Lipinski definition) is 3. The normalized spacial score (nSPS) is 18.3. The number of rotatable bonds is 3. The highest BCUT2D eigenvalue weighted by atomic mass is 35.5. The average molecular weight is 240 g/mol. The van der Waals surface area contributed by atoms with E-state index in [9.17, 15) is 0 Å². The Bertz CT molecular complexity index is 386. The molecular weight excluding hydrogens is 222 g/mol. The molecule has 88 valence electrons. The topological polar surface area (TPSA) is 37.8 Å². The van der Waals surface area contributed by atoms with Crippen molar-refractivity contribution in [1.82, 2.24) is 9.97 Å². The Morgan fingerprint density at radius 3 is 2.56 bits per heavy atom. The summed E-state index contributed by atoms with van der Waals surface area (Å²) >= 11 is 5.99. The Balaban J connectivity index is 2.20. The van der Waals surface area contributed by atoms with E-state index in [1.807, 2.05) is 0 Å². The van der Waals surface area contributed by atoms with Crippen LogP contribution in [0.1, 0.15) is 51.8 Å². The minimum atomic E-state index is 0.200. The first-order valence-electron chi connectivity index (χ1n) is 5.81. The zero-order chi connectivity index (χ0) is 11.8. The number of nitrogens with zero attached hydrogens (tertiary/aromatic N) is 2. The maximum absolute atomic E-state index is 5.99. The molecule has 0 radical (unpaired) electrons. The van der Waals surface area contributed by atoms with Gasteiger partial charge in [0.2, 0.25) is 0 Å². The van der Waals surface area contributed by atoms with Gasteiger partial charge in [0.1, 0.15) is 16.8 Å². The molecule has 0 atom stereocenters. The van der Waals surface area contributed by atoms with Gasteiger partial charge in [-0.05, 0) is 26.2 Å². The minimum absolute atomic E-state index is 0.200. The second kappa shape index (κ2) is 4.21. The van der Waals surface area contributed by atoms with Crippen molar-refractivity contribution >= 4 is 17.4 Å². The first kappa shape index (κ1) is 11.6. The van der Waals surface area contributed by atoms with Gasteiger partial charge in [0, 0.05) is 17.5 Å². The number of anilines is 1. The van der Waals surface area contributed by atoms with Crippen molar-refractivity contribution < 1.29 is 0 Å². The molecule has 1 saturated carbocycles. The van der Waals surface area contributed by atoms with Gasteiger partial charge in [-0.3, -0.25) is 0 Å². The van der Waals surface area contributed by atoms with Crippen molar-refractivity contribution in [2.45, 2.75) is 51.5 Å². The largest absolute Gasteiger partial charge is 0.365 e. The second-order valence-corrected chi connectivity index (χ2v) is 5.52. The van der Waals surface area contributed by atoms with Crippen LogP contribution in [0.3, 0.4) is 0 Å². The molecule has 1 N–H and O–H groups in total. The van der Waals surface area contributed by atoms with Gasteiger partial charge < -0.3 is 5.32 Å². The lowest BCUT2D eigenvalue weighted by atomic mass is 9.78. The Kier molecular flexibility index (Phi) is 3.06. The van der Waals surface area contributed by atoms with Crippen LogP contribution < -0.4 is 5.32 Å². The van der Waals surface area contributed by atoms with E-state index < -0.39 is 0 Å². The van der Waals surface area contributed by atoms with E-state index in [1.165, 1.54) is 19.3 Å². The van der Waals surface area contributed by atoms with Crippen LogP contribution in [0.2, 0.25) is 5.15 Å². The van der Waals surface area contributed by atoms with Gasteiger partial charge in [0.05, 0.1) is 0 Å². The lowest BCUT2D eigenvalue weighted by molar-refractivity contribution is 0.305. The van der Waals surface area contributed by atoms with E-state index in [0.717, 1.165) is 11.6 Å². The molecule has 1 aromatic rings. The number of hydrogen-bond donors (Lipinski definition) is 1. The summed E-state index contributed by atoms with van der Waals surface area (Å²) in [6, 6.07) is 1.80. The molecule has 2 rings (SSSR count). The molecule has 0 unspecified atom stereocenters. The number of nitrogens with one attached hydrogen (secondary N) is 1. The lowest BCUT2D eigenvalue weighted by Crippen LogP contribution is -2.42. The summed E-state index contributed by atoms with van der Waals surface area (Å²) in [7, 11) is 0. The van der Waals surface area contributed by atoms with Crippen molar-refractivity contribution in [2.75, 3.05) is 5.32 Å². The quantitative estimate of drug-likeness (QED) is 0.819. The van der Waals surface area contributed by atoms with Gasteiger partial charge in [-0.15, -0.1) is 0 Å². The molecule has 4 heteroatoms. The fourth-order valence-electron chi connectivity index (χ4n) is 1.90. The van der Waals surface area contributed by atoms with Crippen molar-refractivity contribution in [1.29, 1.82) is 0 Å². The first-order chi connectivity index (χ1) is 7.48. The molecule has 0 aromatic carbocycles. The Morgan fingerprint density at radius 2 is 2.06 bits per heavy atom. The summed E-state index contributed by atoms with van der Waals surface area (Å²) in [6.07, 6.45) is 3.69. The summed E-state index contributed by atoms with van der Waals surface area (Å²) in [5, 5.41) is 3.97. The summed E-state index contributed by atoms with van der Waals surface area (Å²) in [6.45, 7) is 6.36. The van der Waals surface area contributed by atoms with Crippen LogP contribution in [-0.2, 0) is 0 Å². The minimum Gasteiger partial charge on any atom is -0.365 e. The standard InChI is InChI=1S/C12H18ClN3/c1-8(2)11-14-9(13)7-10(15-11)16-12(3)5-4-6-12/h7-8H,4-6H2,1-3H3,(H,14,15,16). The Labute approximate surface area is 102 Å². The molecule has 1 aliphatic rings. The molecule has 1 aromatic heterocycles. The third-order valence-electron chi connectivity index (χ3n) is 3.12. The van der Waals surface area contributed by atoms with Crippen molar-refractivity contribution in [3.63, 3.8) is 0 Å². The molecule has 0 bridgehead atoms. The highest BCUT2D eigenvalue weighted by Crippen LogP contribution is 2.34. The van der Waals surface area contributed by atoms with Crippen molar-refractivity contribution in [3.8, 4) is 0 Å². The van der Waals surface area contributed by atoms with Gasteiger partial charge in [-0.2, -0.15) is 0 Å². The van der Waals surface area contributed by atoms with E-state index in [0.29, 0.717) is 11.1 Å². The van der Waals surface area contributed by atoms with Crippen LogP contribution in [0, 0.1) is 0 Å². The summed E-state index contributed by atoms with van der Waals surface area (Å²) < 4.78 is 0. The van der Waals surface area contributed by atoms with E-state index in [4.69, 9.17) is 11.6 Å². The molecule has 1 fully saturated rings. The fraction of sp³-hybridized carbons (Fsp3) is 0.667. The van der Waals surface area contributed by atoms with E-state index in [-0.39, 0.29) is 5.54 Å². The van der Waals surface area contributed by atoms with Crippen LogP contribution in [0.25, 0.3) is 0 Å². The Morgan fingerprint density at radius 1 is 1.38 bits per heavy atom. The molecule has 0 saturated heterocycles. The summed E-state index contributed by atoms with van der Waals surface area (Å²) in [5.41, 5.74) is 0.200. The number of aromatic nitrogens is 2. The van der Waals surface area contributed by atoms with Crippen molar-refractivity contribution in [2.24, 2.45) is 0 Å². The van der Waals surface area contributed by atoms with Crippen LogP contribution >= 0.6 is 11.6 Å². The lowest BCUT2D eigenvalue weighted by Gasteiger charge is -2.39. The second-order valence-electron chi connectivity index (χ2n) is 5.13. The van der Waals surface area contributed by atoms with E-state index in [1.54, 1.807) is 6.07 Å². The van der Waals surface area contributed by atoms with Crippen molar-refractivity contribution in [3.05, 3.63) is 17.0 Å². The highest BCUT2D eigenvalue weighted by Gasteiger charge is 2.31. The Hall–Kier alpha value is -0.830. The van der Waals surface area contributed by atoms with Gasteiger partial charge in [-0.1, -0.05) is 25.4 Å². The van der Waals surface area contributed by atoms with E-state index >= 15 is 0 Å². The van der Waals surface area contributed by atoms with Crippen LogP contribution in [-0.4, -0.2) is 15.5 Å². The molecule has 3 nitrogen and oxygen atoms in total. The zero-order valence-corrected chi connectivity index (χ0v) is 10.8. The predicted octanol–water partition coefficient (Wildman–Crippen LogP) is 3.61. The maximum Gasteiger partial charge on any atom is 0.135 e. The summed E-state index contributed by atoms with van der Waals surface area (Å²) in [5.74, 6) is 1.96. The predicted molar refractivity (Wildman–Crippen MR) is 67.0 cm³/mol. The molecule has 1 heterocycles. The smallest absolute Gasteiger partial charge is 0.135 e. The van der Waals surface area contributed by atoms with Gasteiger partial charge in [0.25, 0.3) is 0 Å². The van der Waals surface area contributed by atoms with Crippen LogP contribution in [0.5, 0.6) is 0 Å². The fourth-order valence-corrected chi connectivity index (χ4v) is 2.09. The van der Waals surface area contributed by atoms with Gasteiger partial charge in [0.15, 0.2) is 0 Å². The monoisotopic (exact) mass is 239 g/mol. The first-order valence-corrected chi connectivity index (χ1v) is 6.19. The van der Waals surface area contributed by atoms with Gasteiger partial charge in [-0.25, -0.2) is 9.97 Å². The number of halogens is 1. The maximum atomic E-state index is 5.99. The van der Waals surface area contributed by atoms with Crippen LogP contribution in [0.15, 0.2) is 6.07 Å². The molecule has 1 aliphatic carbocycles. The SMILES string of the molecule is CC(C)c1nc(Cl)cc(NC2(C)CCC2)n1.